The summed E-state index contributed by atoms with van der Waals surface area (Å²) in [6, 6.07) is 12.7. The molecule has 0 bridgehead atoms. The molecule has 3 N–H and O–H groups in total. The molecule has 0 aliphatic carbocycles. The fourth-order valence-corrected chi connectivity index (χ4v) is 3.71. The van der Waals surface area contributed by atoms with Crippen LogP contribution in [0.25, 0.3) is 0 Å². The lowest BCUT2D eigenvalue weighted by molar-refractivity contribution is 0.102. The minimum atomic E-state index is -0.337. The van der Waals surface area contributed by atoms with Crippen LogP contribution in [0.4, 0.5) is 23.0 Å². The molecule has 1 fully saturated rings. The predicted octanol–water partition coefficient (Wildman–Crippen LogP) is 3.06. The zero-order valence-corrected chi connectivity index (χ0v) is 19.8. The fourth-order valence-electron chi connectivity index (χ4n) is 3.37. The number of ether oxygens (including phenoxy) is 2. The van der Waals surface area contributed by atoms with Crippen molar-refractivity contribution in [1.29, 1.82) is 0 Å². The van der Waals surface area contributed by atoms with Crippen molar-refractivity contribution in [1.82, 2.24) is 20.3 Å². The highest BCUT2D eigenvalue weighted by Gasteiger charge is 2.16. The largest absolute Gasteiger partial charge is 0.494 e. The molecule has 2 aromatic heterocycles. The number of carbonyl (C=O) groups is 1. The van der Waals surface area contributed by atoms with Gasteiger partial charge >= 0.3 is 6.01 Å². The highest BCUT2D eigenvalue weighted by Crippen LogP contribution is 2.30. The topological polar surface area (TPSA) is 114 Å². The molecule has 11 heteroatoms. The van der Waals surface area contributed by atoms with E-state index in [-0.39, 0.29) is 11.9 Å². The van der Waals surface area contributed by atoms with Crippen LogP contribution in [0.15, 0.2) is 47.1 Å². The Hall–Kier alpha value is -3.44. The van der Waals surface area contributed by atoms with Gasteiger partial charge in [-0.3, -0.25) is 4.79 Å². The molecule has 10 nitrogen and oxygen atoms in total. The monoisotopic (exact) mass is 513 g/mol. The number of pyridine rings is 1. The molecule has 0 spiro atoms. The Kier molecular flexibility index (Phi) is 7.20. The third-order valence-electron chi connectivity index (χ3n) is 4.99. The summed E-state index contributed by atoms with van der Waals surface area (Å²) in [4.78, 5) is 27.8. The quantitative estimate of drug-likeness (QED) is 0.410. The number of carbonyl (C=O) groups excluding carboxylic acids is 1. The van der Waals surface area contributed by atoms with E-state index >= 15 is 0 Å². The third-order valence-corrected chi connectivity index (χ3v) is 5.43. The lowest BCUT2D eigenvalue weighted by Crippen LogP contribution is -2.43. The predicted molar refractivity (Wildman–Crippen MR) is 130 cm³/mol. The number of hydrogen-bond acceptors (Lipinski definition) is 9. The summed E-state index contributed by atoms with van der Waals surface area (Å²) in [5.74, 6) is 1.54. The van der Waals surface area contributed by atoms with Crippen LogP contribution in [0.5, 0.6) is 11.8 Å². The molecule has 1 aliphatic rings. The molecule has 3 aromatic rings. The van der Waals surface area contributed by atoms with Crippen LogP contribution in [0.2, 0.25) is 0 Å². The first kappa shape index (κ1) is 22.7. The van der Waals surface area contributed by atoms with Crippen LogP contribution in [0.1, 0.15) is 10.5 Å². The van der Waals surface area contributed by atoms with E-state index in [4.69, 9.17) is 9.47 Å². The van der Waals surface area contributed by atoms with Crippen molar-refractivity contribution in [3.8, 4) is 11.8 Å². The van der Waals surface area contributed by atoms with E-state index in [0.29, 0.717) is 27.6 Å². The van der Waals surface area contributed by atoms with E-state index < -0.39 is 0 Å². The molecule has 1 amide bonds. The standard InChI is InChI=1S/C22H24BrN7O3/c1-32-17-12-14(6-7-15(17)27-21(31)16-4-3-5-18(23)26-16)25-19-13-20(29-22(28-19)33-2)30-10-8-24-9-11-30/h3-7,12-13,24H,8-11H2,1-2H3,(H,27,31)(H,25,28,29). The van der Waals surface area contributed by atoms with E-state index in [2.05, 4.69) is 51.7 Å². The smallest absolute Gasteiger partial charge is 0.320 e. The summed E-state index contributed by atoms with van der Waals surface area (Å²) in [5, 5.41) is 9.43. The molecule has 1 saturated heterocycles. The maximum Gasteiger partial charge on any atom is 0.320 e. The number of hydrogen-bond donors (Lipinski definition) is 3. The molecule has 172 valence electrons. The second-order valence-electron chi connectivity index (χ2n) is 7.17. The van der Waals surface area contributed by atoms with Gasteiger partial charge in [-0.2, -0.15) is 9.97 Å². The van der Waals surface area contributed by atoms with Crippen LogP contribution in [-0.2, 0) is 0 Å². The Balaban J connectivity index is 1.53. The highest BCUT2D eigenvalue weighted by atomic mass is 79.9. The van der Waals surface area contributed by atoms with Gasteiger partial charge in [-0.05, 0) is 40.2 Å². The Labute approximate surface area is 199 Å². The minimum absolute atomic E-state index is 0.283. The fraction of sp³-hybridized carbons (Fsp3) is 0.273. The van der Waals surface area contributed by atoms with Crippen molar-refractivity contribution in [2.24, 2.45) is 0 Å². The zero-order valence-electron chi connectivity index (χ0n) is 18.3. The number of aromatic nitrogens is 3. The van der Waals surface area contributed by atoms with Crippen LogP contribution < -0.4 is 30.3 Å². The van der Waals surface area contributed by atoms with Crippen molar-refractivity contribution in [3.63, 3.8) is 0 Å². The molecule has 0 radical (unpaired) electrons. The van der Waals surface area contributed by atoms with Gasteiger partial charge in [0, 0.05) is 44.0 Å². The molecule has 0 unspecified atom stereocenters. The van der Waals surface area contributed by atoms with Gasteiger partial charge in [0.2, 0.25) is 0 Å². The Morgan fingerprint density at radius 3 is 2.61 bits per heavy atom. The minimum Gasteiger partial charge on any atom is -0.494 e. The summed E-state index contributed by atoms with van der Waals surface area (Å²) >= 11 is 3.28. The number of piperazine rings is 1. The van der Waals surface area contributed by atoms with Gasteiger partial charge in [-0.1, -0.05) is 6.07 Å². The molecular formula is C22H24BrN7O3. The van der Waals surface area contributed by atoms with Crippen LogP contribution >= 0.6 is 15.9 Å². The summed E-state index contributed by atoms with van der Waals surface area (Å²) in [6.45, 7) is 3.51. The summed E-state index contributed by atoms with van der Waals surface area (Å²) in [7, 11) is 3.09. The first-order chi connectivity index (χ1) is 16.1. The number of nitrogens with zero attached hydrogens (tertiary/aromatic N) is 4. The van der Waals surface area contributed by atoms with Crippen LogP contribution in [0, 0.1) is 0 Å². The number of amides is 1. The molecule has 0 saturated carbocycles. The lowest BCUT2D eigenvalue weighted by atomic mass is 10.2. The molecule has 0 atom stereocenters. The van der Waals surface area contributed by atoms with Crippen LogP contribution in [0.3, 0.4) is 0 Å². The lowest BCUT2D eigenvalue weighted by Gasteiger charge is -2.28. The van der Waals surface area contributed by atoms with Gasteiger partial charge < -0.3 is 30.3 Å². The van der Waals surface area contributed by atoms with Gasteiger partial charge in [0.25, 0.3) is 5.91 Å². The second kappa shape index (κ2) is 10.5. The van der Waals surface area contributed by atoms with Crippen LogP contribution in [-0.4, -0.2) is 61.3 Å². The molecule has 4 rings (SSSR count). The number of methoxy groups -OCH3 is 2. The molecule has 1 aliphatic heterocycles. The van der Waals surface area contributed by atoms with E-state index in [1.807, 2.05) is 12.1 Å². The van der Waals surface area contributed by atoms with E-state index in [9.17, 15) is 4.79 Å². The maximum atomic E-state index is 12.6. The van der Waals surface area contributed by atoms with Gasteiger partial charge in [-0.25, -0.2) is 4.98 Å². The maximum absolute atomic E-state index is 12.6. The van der Waals surface area contributed by atoms with E-state index in [1.54, 1.807) is 44.6 Å². The van der Waals surface area contributed by atoms with Crippen molar-refractivity contribution < 1.29 is 14.3 Å². The molecular weight excluding hydrogens is 490 g/mol. The average Bonchev–Trinajstić information content (AvgIpc) is 2.85. The summed E-state index contributed by atoms with van der Waals surface area (Å²) < 4.78 is 11.4. The van der Waals surface area contributed by atoms with E-state index in [0.717, 1.165) is 37.7 Å². The average molecular weight is 514 g/mol. The number of anilines is 4. The molecule has 3 heterocycles. The normalized spacial score (nSPS) is 13.4. The first-order valence-corrected chi connectivity index (χ1v) is 11.1. The van der Waals surface area contributed by atoms with E-state index in [1.165, 1.54) is 0 Å². The Morgan fingerprint density at radius 2 is 1.88 bits per heavy atom. The van der Waals surface area contributed by atoms with Crippen molar-refractivity contribution in [2.75, 3.05) is 55.9 Å². The van der Waals surface area contributed by atoms with Gasteiger partial charge in [0.15, 0.2) is 0 Å². The number of benzene rings is 1. The second-order valence-corrected chi connectivity index (χ2v) is 7.99. The van der Waals surface area contributed by atoms with Gasteiger partial charge in [0.1, 0.15) is 27.7 Å². The van der Waals surface area contributed by atoms with Crippen molar-refractivity contribution in [2.45, 2.75) is 0 Å². The van der Waals surface area contributed by atoms with Gasteiger partial charge in [0.05, 0.1) is 19.9 Å². The zero-order chi connectivity index (χ0) is 23.2. The Bertz CT molecular complexity index is 1140. The number of rotatable bonds is 7. The Morgan fingerprint density at radius 1 is 1.06 bits per heavy atom. The first-order valence-electron chi connectivity index (χ1n) is 10.3. The SMILES string of the molecule is COc1nc(Nc2ccc(NC(=O)c3cccc(Br)n3)c(OC)c2)cc(N2CCNCC2)n1. The summed E-state index contributed by atoms with van der Waals surface area (Å²) in [6.07, 6.45) is 0. The van der Waals surface area contributed by atoms with Crippen molar-refractivity contribution in [3.05, 3.63) is 52.8 Å². The number of halogens is 1. The number of nitrogens with one attached hydrogen (secondary N) is 3. The van der Waals surface area contributed by atoms with Gasteiger partial charge in [-0.15, -0.1) is 0 Å². The van der Waals surface area contributed by atoms with Crippen molar-refractivity contribution >= 4 is 44.8 Å². The third kappa shape index (κ3) is 5.68. The highest BCUT2D eigenvalue weighted by molar-refractivity contribution is 9.10. The molecule has 1 aromatic carbocycles. The molecule has 33 heavy (non-hydrogen) atoms. The summed E-state index contributed by atoms with van der Waals surface area (Å²) in [5.41, 5.74) is 1.55.